The molecule has 0 aromatic rings. The van der Waals surface area contributed by atoms with Crippen LogP contribution in [0.15, 0.2) is 0 Å². The van der Waals surface area contributed by atoms with Crippen molar-refractivity contribution in [1.29, 1.82) is 0 Å². The van der Waals surface area contributed by atoms with Crippen molar-refractivity contribution in [3.8, 4) is 0 Å². The van der Waals surface area contributed by atoms with Crippen molar-refractivity contribution in [2.75, 3.05) is 19.6 Å². The summed E-state index contributed by atoms with van der Waals surface area (Å²) in [4.78, 5) is 14.2. The molecule has 0 aromatic heterocycles. The van der Waals surface area contributed by atoms with E-state index in [9.17, 15) is 4.79 Å². The monoisotopic (exact) mass is 240 g/mol. The number of carbonyl (C=O) groups is 1. The molecule has 3 nitrogen and oxygen atoms in total. The van der Waals surface area contributed by atoms with Gasteiger partial charge in [-0.3, -0.25) is 9.69 Å². The Labute approximate surface area is 106 Å². The third kappa shape index (κ3) is 5.53. The molecule has 0 saturated carbocycles. The van der Waals surface area contributed by atoms with Crippen LogP contribution in [0.2, 0.25) is 0 Å². The smallest absolute Gasteiger partial charge is 0.234 e. The van der Waals surface area contributed by atoms with Gasteiger partial charge in [-0.05, 0) is 38.1 Å². The quantitative estimate of drug-likeness (QED) is 0.773. The molecule has 100 valence electrons. The molecule has 17 heavy (non-hydrogen) atoms. The Morgan fingerprint density at radius 1 is 1.41 bits per heavy atom. The van der Waals surface area contributed by atoms with Crippen LogP contribution in [-0.2, 0) is 4.79 Å². The molecule has 1 aliphatic rings. The largest absolute Gasteiger partial charge is 0.355 e. The van der Waals surface area contributed by atoms with Gasteiger partial charge in [-0.25, -0.2) is 0 Å². The van der Waals surface area contributed by atoms with Gasteiger partial charge in [0.1, 0.15) is 0 Å². The molecule has 1 saturated heterocycles. The molecule has 1 heterocycles. The van der Waals surface area contributed by atoms with Crippen molar-refractivity contribution in [2.24, 2.45) is 5.92 Å². The van der Waals surface area contributed by atoms with E-state index in [0.717, 1.165) is 19.5 Å². The minimum Gasteiger partial charge on any atom is -0.355 e. The van der Waals surface area contributed by atoms with Crippen LogP contribution in [0, 0.1) is 5.92 Å². The summed E-state index contributed by atoms with van der Waals surface area (Å²) in [6.45, 7) is 9.10. The van der Waals surface area contributed by atoms with E-state index in [1.165, 1.54) is 25.7 Å². The Hall–Kier alpha value is -0.570. The molecule has 1 fully saturated rings. The van der Waals surface area contributed by atoms with Crippen LogP contribution in [0.1, 0.15) is 52.9 Å². The summed E-state index contributed by atoms with van der Waals surface area (Å²) in [7, 11) is 0. The maximum Gasteiger partial charge on any atom is 0.234 e. The van der Waals surface area contributed by atoms with E-state index in [0.29, 0.717) is 18.5 Å². The molecular weight excluding hydrogens is 212 g/mol. The van der Waals surface area contributed by atoms with Crippen molar-refractivity contribution in [1.82, 2.24) is 10.2 Å². The minimum absolute atomic E-state index is 0.200. The Balaban J connectivity index is 2.24. The van der Waals surface area contributed by atoms with Crippen LogP contribution in [0.4, 0.5) is 0 Å². The van der Waals surface area contributed by atoms with Crippen LogP contribution in [0.3, 0.4) is 0 Å². The molecule has 3 heteroatoms. The fourth-order valence-corrected chi connectivity index (χ4v) is 2.47. The Morgan fingerprint density at radius 3 is 2.82 bits per heavy atom. The van der Waals surface area contributed by atoms with E-state index in [-0.39, 0.29) is 5.91 Å². The highest BCUT2D eigenvalue weighted by Gasteiger charge is 2.22. The molecular formula is C14H28N2O. The van der Waals surface area contributed by atoms with Gasteiger partial charge in [-0.15, -0.1) is 0 Å². The highest BCUT2D eigenvalue weighted by atomic mass is 16.2. The highest BCUT2D eigenvalue weighted by molar-refractivity contribution is 5.78. The van der Waals surface area contributed by atoms with Gasteiger partial charge in [-0.1, -0.05) is 27.2 Å². The summed E-state index contributed by atoms with van der Waals surface area (Å²) in [6.07, 6.45) is 6.07. The number of amides is 1. The van der Waals surface area contributed by atoms with E-state index >= 15 is 0 Å². The van der Waals surface area contributed by atoms with Gasteiger partial charge in [-0.2, -0.15) is 0 Å². The third-order valence-electron chi connectivity index (χ3n) is 3.61. The lowest BCUT2D eigenvalue weighted by Crippen LogP contribution is -2.45. The van der Waals surface area contributed by atoms with Crippen LogP contribution in [-0.4, -0.2) is 36.5 Å². The first kappa shape index (κ1) is 14.5. The second-order valence-electron chi connectivity index (χ2n) is 5.56. The van der Waals surface area contributed by atoms with Gasteiger partial charge in [0.05, 0.1) is 6.54 Å². The molecule has 1 amide bonds. The maximum atomic E-state index is 11.8. The van der Waals surface area contributed by atoms with E-state index in [2.05, 4.69) is 31.0 Å². The van der Waals surface area contributed by atoms with E-state index in [1.807, 2.05) is 0 Å². The number of likely N-dealkylation sites (tertiary alicyclic amines) is 1. The van der Waals surface area contributed by atoms with Gasteiger partial charge in [0.25, 0.3) is 0 Å². The standard InChI is InChI=1S/C14H28N2O/c1-4-13-7-5-6-10-16(13)11-14(17)15-9-8-12(2)3/h12-13H,4-11H2,1-3H3,(H,15,17). The lowest BCUT2D eigenvalue weighted by atomic mass is 10.00. The summed E-state index contributed by atoms with van der Waals surface area (Å²) in [5, 5.41) is 3.03. The number of carbonyl (C=O) groups excluding carboxylic acids is 1. The SMILES string of the molecule is CCC1CCCCN1CC(=O)NCCC(C)C. The lowest BCUT2D eigenvalue weighted by molar-refractivity contribution is -0.123. The molecule has 1 N–H and O–H groups in total. The normalized spacial score (nSPS) is 21.8. The average Bonchev–Trinajstić information content (AvgIpc) is 2.29. The van der Waals surface area contributed by atoms with Crippen LogP contribution < -0.4 is 5.32 Å². The fraction of sp³-hybridized carbons (Fsp3) is 0.929. The predicted molar refractivity (Wildman–Crippen MR) is 72.0 cm³/mol. The van der Waals surface area contributed by atoms with Gasteiger partial charge in [0.2, 0.25) is 5.91 Å². The second-order valence-corrected chi connectivity index (χ2v) is 5.56. The summed E-state index contributed by atoms with van der Waals surface area (Å²) < 4.78 is 0. The van der Waals surface area contributed by atoms with Crippen molar-refractivity contribution < 1.29 is 4.79 Å². The van der Waals surface area contributed by atoms with Crippen molar-refractivity contribution in [3.63, 3.8) is 0 Å². The first-order chi connectivity index (χ1) is 8.13. The molecule has 0 aromatic carbocycles. The number of nitrogens with one attached hydrogen (secondary N) is 1. The van der Waals surface area contributed by atoms with E-state index < -0.39 is 0 Å². The van der Waals surface area contributed by atoms with Crippen molar-refractivity contribution in [2.45, 2.75) is 58.9 Å². The number of nitrogens with zero attached hydrogens (tertiary/aromatic N) is 1. The predicted octanol–water partition coefficient (Wildman–Crippen LogP) is 2.41. The molecule has 0 radical (unpaired) electrons. The third-order valence-corrected chi connectivity index (χ3v) is 3.61. The minimum atomic E-state index is 0.200. The van der Waals surface area contributed by atoms with Gasteiger partial charge >= 0.3 is 0 Å². The summed E-state index contributed by atoms with van der Waals surface area (Å²) in [5.74, 6) is 0.861. The first-order valence-corrected chi connectivity index (χ1v) is 7.14. The topological polar surface area (TPSA) is 32.3 Å². The van der Waals surface area contributed by atoms with Crippen LogP contribution in [0.5, 0.6) is 0 Å². The van der Waals surface area contributed by atoms with Gasteiger partial charge in [0, 0.05) is 12.6 Å². The van der Waals surface area contributed by atoms with Gasteiger partial charge in [0.15, 0.2) is 0 Å². The van der Waals surface area contributed by atoms with Crippen molar-refractivity contribution >= 4 is 5.91 Å². The zero-order valence-electron chi connectivity index (χ0n) is 11.7. The number of rotatable bonds is 6. The Bertz CT molecular complexity index is 228. The van der Waals surface area contributed by atoms with E-state index in [1.54, 1.807) is 0 Å². The zero-order chi connectivity index (χ0) is 12.7. The summed E-state index contributed by atoms with van der Waals surface area (Å²) in [6, 6.07) is 0.625. The maximum absolute atomic E-state index is 11.8. The van der Waals surface area contributed by atoms with E-state index in [4.69, 9.17) is 0 Å². The highest BCUT2D eigenvalue weighted by Crippen LogP contribution is 2.18. The number of hydrogen-bond donors (Lipinski definition) is 1. The molecule has 1 rings (SSSR count). The molecule has 1 aliphatic heterocycles. The average molecular weight is 240 g/mol. The Morgan fingerprint density at radius 2 is 2.18 bits per heavy atom. The fourth-order valence-electron chi connectivity index (χ4n) is 2.47. The number of piperidine rings is 1. The second kappa shape index (κ2) is 7.70. The lowest BCUT2D eigenvalue weighted by Gasteiger charge is -2.34. The molecule has 0 bridgehead atoms. The molecule has 1 atom stereocenters. The molecule has 0 spiro atoms. The summed E-state index contributed by atoms with van der Waals surface area (Å²) >= 11 is 0. The van der Waals surface area contributed by atoms with Crippen LogP contribution in [0.25, 0.3) is 0 Å². The molecule has 0 aliphatic carbocycles. The van der Waals surface area contributed by atoms with Crippen molar-refractivity contribution in [3.05, 3.63) is 0 Å². The number of hydrogen-bond acceptors (Lipinski definition) is 2. The van der Waals surface area contributed by atoms with Crippen LogP contribution >= 0.6 is 0 Å². The molecule has 1 unspecified atom stereocenters. The summed E-state index contributed by atoms with van der Waals surface area (Å²) in [5.41, 5.74) is 0. The first-order valence-electron chi connectivity index (χ1n) is 7.14. The Kier molecular flexibility index (Phi) is 6.56. The zero-order valence-corrected chi connectivity index (χ0v) is 11.7. The van der Waals surface area contributed by atoms with Gasteiger partial charge < -0.3 is 5.32 Å².